The van der Waals surface area contributed by atoms with Crippen LogP contribution in [0, 0.1) is 0 Å². The second-order valence-corrected chi connectivity index (χ2v) is 8.55. The van der Waals surface area contributed by atoms with Crippen molar-refractivity contribution in [3.8, 4) is 0 Å². The number of amides is 1. The highest BCUT2D eigenvalue weighted by molar-refractivity contribution is 8.13. The topological polar surface area (TPSA) is 59.4 Å². The van der Waals surface area contributed by atoms with E-state index in [9.17, 15) is 13.2 Å². The fraction of sp³-hybridized carbons (Fsp3) is 0.643. The van der Waals surface area contributed by atoms with Gasteiger partial charge in [-0.25, -0.2) is 8.42 Å². The standard InChI is InChI=1S/C14H19ClN2O3S/c1-10-4-2-3-7-16(10)14(18)13-8-12(21(15,19)20)9-17(13)11-5-6-11/h8-11H,2-7H2,1H3. The maximum Gasteiger partial charge on any atom is 0.270 e. The van der Waals surface area contributed by atoms with Gasteiger partial charge < -0.3 is 9.47 Å². The minimum Gasteiger partial charge on any atom is -0.339 e. The highest BCUT2D eigenvalue weighted by atomic mass is 35.7. The van der Waals surface area contributed by atoms with Gasteiger partial charge in [-0.15, -0.1) is 0 Å². The molecule has 0 spiro atoms. The largest absolute Gasteiger partial charge is 0.339 e. The van der Waals surface area contributed by atoms with Gasteiger partial charge in [-0.05, 0) is 45.1 Å². The Bertz CT molecular complexity index is 664. The summed E-state index contributed by atoms with van der Waals surface area (Å²) in [6.07, 6.45) is 6.59. The van der Waals surface area contributed by atoms with Crippen molar-refractivity contribution >= 4 is 25.6 Å². The number of hydrogen-bond acceptors (Lipinski definition) is 3. The van der Waals surface area contributed by atoms with Crippen LogP contribution in [0.3, 0.4) is 0 Å². The second kappa shape index (κ2) is 5.32. The summed E-state index contributed by atoms with van der Waals surface area (Å²) in [7, 11) is 1.61. The quantitative estimate of drug-likeness (QED) is 0.801. The van der Waals surface area contributed by atoms with Gasteiger partial charge in [0, 0.05) is 35.5 Å². The molecule has 1 aromatic heterocycles. The summed E-state index contributed by atoms with van der Waals surface area (Å²) >= 11 is 0. The van der Waals surface area contributed by atoms with Crippen LogP contribution in [-0.4, -0.2) is 36.4 Å². The maximum atomic E-state index is 12.8. The molecule has 1 aliphatic heterocycles. The van der Waals surface area contributed by atoms with Crippen molar-refractivity contribution in [2.45, 2.75) is 56.0 Å². The minimum absolute atomic E-state index is 0.0177. The molecule has 1 unspecified atom stereocenters. The molecular formula is C14H19ClN2O3S. The molecule has 0 aromatic carbocycles. The number of carbonyl (C=O) groups excluding carboxylic acids is 1. The zero-order chi connectivity index (χ0) is 15.2. The first kappa shape index (κ1) is 14.9. The average molecular weight is 331 g/mol. The first-order valence-electron chi connectivity index (χ1n) is 7.35. The van der Waals surface area contributed by atoms with Gasteiger partial charge >= 0.3 is 0 Å². The molecule has 0 radical (unpaired) electrons. The number of aromatic nitrogens is 1. The first-order valence-corrected chi connectivity index (χ1v) is 9.66. The van der Waals surface area contributed by atoms with Crippen molar-refractivity contribution in [3.63, 3.8) is 0 Å². The molecule has 2 aliphatic rings. The fourth-order valence-corrected chi connectivity index (χ4v) is 3.71. The number of carbonyl (C=O) groups is 1. The lowest BCUT2D eigenvalue weighted by Crippen LogP contribution is -2.42. The monoisotopic (exact) mass is 330 g/mol. The van der Waals surface area contributed by atoms with E-state index < -0.39 is 9.05 Å². The van der Waals surface area contributed by atoms with Gasteiger partial charge in [-0.3, -0.25) is 4.79 Å². The third-order valence-corrected chi connectivity index (χ3v) is 5.65. The lowest BCUT2D eigenvalue weighted by molar-refractivity contribution is 0.0624. The van der Waals surface area contributed by atoms with Crippen LogP contribution in [0.5, 0.6) is 0 Å². The van der Waals surface area contributed by atoms with Crippen LogP contribution in [0.1, 0.15) is 55.6 Å². The van der Waals surface area contributed by atoms with E-state index in [1.165, 1.54) is 12.3 Å². The Balaban J connectivity index is 1.96. The molecule has 1 saturated carbocycles. The van der Waals surface area contributed by atoms with Crippen molar-refractivity contribution in [2.75, 3.05) is 6.54 Å². The van der Waals surface area contributed by atoms with Crippen LogP contribution in [-0.2, 0) is 9.05 Å². The van der Waals surface area contributed by atoms with Crippen LogP contribution in [0.4, 0.5) is 0 Å². The van der Waals surface area contributed by atoms with E-state index in [0.29, 0.717) is 5.69 Å². The number of hydrogen-bond donors (Lipinski definition) is 0. The summed E-state index contributed by atoms with van der Waals surface area (Å²) < 4.78 is 24.9. The van der Waals surface area contributed by atoms with Crippen molar-refractivity contribution in [2.24, 2.45) is 0 Å². The van der Waals surface area contributed by atoms with Gasteiger partial charge in [0.1, 0.15) is 10.6 Å². The molecule has 1 aromatic rings. The summed E-state index contributed by atoms with van der Waals surface area (Å²) in [5.74, 6) is -0.0827. The van der Waals surface area contributed by atoms with E-state index in [4.69, 9.17) is 10.7 Å². The highest BCUT2D eigenvalue weighted by Gasteiger charge is 2.33. The minimum atomic E-state index is -3.81. The number of piperidine rings is 1. The van der Waals surface area contributed by atoms with Gasteiger partial charge in [0.2, 0.25) is 0 Å². The normalized spacial score (nSPS) is 23.3. The van der Waals surface area contributed by atoms with Crippen LogP contribution < -0.4 is 0 Å². The Hall–Kier alpha value is -1.01. The summed E-state index contributed by atoms with van der Waals surface area (Å²) in [6.45, 7) is 2.78. The number of likely N-dealkylation sites (tertiary alicyclic amines) is 1. The number of nitrogens with zero attached hydrogens (tertiary/aromatic N) is 2. The van der Waals surface area contributed by atoms with E-state index in [2.05, 4.69) is 0 Å². The highest BCUT2D eigenvalue weighted by Crippen LogP contribution is 2.38. The Labute approximate surface area is 129 Å². The van der Waals surface area contributed by atoms with Crippen LogP contribution >= 0.6 is 10.7 Å². The predicted molar refractivity (Wildman–Crippen MR) is 80.1 cm³/mol. The lowest BCUT2D eigenvalue weighted by atomic mass is 10.0. The second-order valence-electron chi connectivity index (χ2n) is 5.98. The van der Waals surface area contributed by atoms with Crippen LogP contribution in [0.15, 0.2) is 17.2 Å². The van der Waals surface area contributed by atoms with E-state index in [1.54, 1.807) is 4.57 Å². The zero-order valence-corrected chi connectivity index (χ0v) is 13.5. The van der Waals surface area contributed by atoms with Crippen LogP contribution in [0.2, 0.25) is 0 Å². The predicted octanol–water partition coefficient (Wildman–Crippen LogP) is 2.77. The molecule has 21 heavy (non-hydrogen) atoms. The van der Waals surface area contributed by atoms with Gasteiger partial charge in [0.25, 0.3) is 15.0 Å². The summed E-state index contributed by atoms with van der Waals surface area (Å²) in [4.78, 5) is 14.6. The third-order valence-electron chi connectivity index (χ3n) is 4.33. The van der Waals surface area contributed by atoms with Crippen LogP contribution in [0.25, 0.3) is 0 Å². The molecule has 2 heterocycles. The number of halogens is 1. The molecule has 7 heteroatoms. The summed E-state index contributed by atoms with van der Waals surface area (Å²) in [6, 6.07) is 1.85. The molecule has 1 atom stereocenters. The molecule has 5 nitrogen and oxygen atoms in total. The third kappa shape index (κ3) is 2.97. The Morgan fingerprint density at radius 1 is 1.29 bits per heavy atom. The molecule has 116 valence electrons. The molecule has 1 aliphatic carbocycles. The van der Waals surface area contributed by atoms with Crippen molar-refractivity contribution < 1.29 is 13.2 Å². The molecule has 1 amide bonds. The van der Waals surface area contributed by atoms with Crippen molar-refractivity contribution in [1.82, 2.24) is 9.47 Å². The van der Waals surface area contributed by atoms with E-state index >= 15 is 0 Å². The fourth-order valence-electron chi connectivity index (χ4n) is 2.96. The summed E-state index contributed by atoms with van der Waals surface area (Å²) in [5, 5.41) is 0. The van der Waals surface area contributed by atoms with E-state index in [-0.39, 0.29) is 22.9 Å². The Morgan fingerprint density at radius 3 is 2.57 bits per heavy atom. The zero-order valence-electron chi connectivity index (χ0n) is 12.0. The lowest BCUT2D eigenvalue weighted by Gasteiger charge is -2.33. The molecule has 0 N–H and O–H groups in total. The van der Waals surface area contributed by atoms with Gasteiger partial charge in [-0.2, -0.15) is 0 Å². The summed E-state index contributed by atoms with van der Waals surface area (Å²) in [5.41, 5.74) is 0.450. The number of rotatable bonds is 3. The van der Waals surface area contributed by atoms with Crippen molar-refractivity contribution in [1.29, 1.82) is 0 Å². The Morgan fingerprint density at radius 2 is 2.00 bits per heavy atom. The van der Waals surface area contributed by atoms with E-state index in [1.807, 2.05) is 11.8 Å². The SMILES string of the molecule is CC1CCCCN1C(=O)c1cc(S(=O)(=O)Cl)cn1C1CC1. The smallest absolute Gasteiger partial charge is 0.270 e. The first-order chi connectivity index (χ1) is 9.88. The maximum absolute atomic E-state index is 12.8. The molecule has 2 fully saturated rings. The molecule has 0 bridgehead atoms. The van der Waals surface area contributed by atoms with E-state index in [0.717, 1.165) is 38.6 Å². The average Bonchev–Trinajstić information content (AvgIpc) is 3.15. The van der Waals surface area contributed by atoms with Gasteiger partial charge in [-0.1, -0.05) is 0 Å². The molecule has 3 rings (SSSR count). The van der Waals surface area contributed by atoms with Gasteiger partial charge in [0.15, 0.2) is 0 Å². The van der Waals surface area contributed by atoms with Crippen molar-refractivity contribution in [3.05, 3.63) is 18.0 Å². The molecule has 1 saturated heterocycles. The molecular weight excluding hydrogens is 312 g/mol. The Kier molecular flexibility index (Phi) is 3.78. The van der Waals surface area contributed by atoms with Gasteiger partial charge in [0.05, 0.1) is 0 Å².